The number of nitrogens with zero attached hydrogens (tertiary/aromatic N) is 1. The van der Waals surface area contributed by atoms with Gasteiger partial charge in [0.15, 0.2) is 0 Å². The van der Waals surface area contributed by atoms with E-state index in [1.807, 2.05) is 30.3 Å². The van der Waals surface area contributed by atoms with Crippen molar-refractivity contribution in [3.05, 3.63) is 59.7 Å². The Morgan fingerprint density at radius 3 is 2.71 bits per heavy atom. The number of anilines is 1. The van der Waals surface area contributed by atoms with Gasteiger partial charge in [0, 0.05) is 13.1 Å². The van der Waals surface area contributed by atoms with Gasteiger partial charge in [0.2, 0.25) is 0 Å². The van der Waals surface area contributed by atoms with Gasteiger partial charge in [0.05, 0.1) is 10.6 Å². The molecule has 2 aromatic rings. The molecule has 3 rings (SSSR count). The van der Waals surface area contributed by atoms with E-state index < -0.39 is 10.0 Å². The molecular formula is C16H18N2O2S. The van der Waals surface area contributed by atoms with Crippen LogP contribution in [0.1, 0.15) is 17.5 Å². The lowest BCUT2D eigenvalue weighted by molar-refractivity contribution is 0.586. The quantitative estimate of drug-likeness (QED) is 0.946. The summed E-state index contributed by atoms with van der Waals surface area (Å²) in [5.74, 6) is 0. The second-order valence-electron chi connectivity index (χ2n) is 5.16. The highest BCUT2D eigenvalue weighted by Gasteiger charge is 2.28. The van der Waals surface area contributed by atoms with Crippen molar-refractivity contribution in [2.24, 2.45) is 5.73 Å². The maximum atomic E-state index is 12.9. The first kappa shape index (κ1) is 14.1. The maximum absolute atomic E-state index is 12.9. The van der Waals surface area contributed by atoms with E-state index in [0.29, 0.717) is 18.0 Å². The second-order valence-corrected chi connectivity index (χ2v) is 7.02. The summed E-state index contributed by atoms with van der Waals surface area (Å²) in [5.41, 5.74) is 8.31. The summed E-state index contributed by atoms with van der Waals surface area (Å²) in [6.07, 6.45) is 1.76. The predicted molar refractivity (Wildman–Crippen MR) is 83.6 cm³/mol. The summed E-state index contributed by atoms with van der Waals surface area (Å²) >= 11 is 0. The number of hydrogen-bond donors (Lipinski definition) is 1. The molecule has 0 radical (unpaired) electrons. The normalized spacial score (nSPS) is 14.8. The fourth-order valence-electron chi connectivity index (χ4n) is 2.71. The van der Waals surface area contributed by atoms with Gasteiger partial charge in [0.25, 0.3) is 10.0 Å². The largest absolute Gasteiger partial charge is 0.326 e. The average molecular weight is 302 g/mol. The minimum absolute atomic E-state index is 0.308. The Bertz CT molecular complexity index is 756. The molecule has 1 heterocycles. The van der Waals surface area contributed by atoms with Gasteiger partial charge < -0.3 is 5.73 Å². The molecule has 2 N–H and O–H groups in total. The number of aryl methyl sites for hydroxylation is 1. The molecule has 0 bridgehead atoms. The number of hydrogen-bond acceptors (Lipinski definition) is 3. The first-order valence-electron chi connectivity index (χ1n) is 7.02. The van der Waals surface area contributed by atoms with Crippen molar-refractivity contribution in [2.75, 3.05) is 10.8 Å². The Balaban J connectivity index is 2.07. The molecule has 0 saturated carbocycles. The number of sulfonamides is 1. The van der Waals surface area contributed by atoms with E-state index in [9.17, 15) is 8.42 Å². The highest BCUT2D eigenvalue weighted by molar-refractivity contribution is 7.92. The molecule has 110 valence electrons. The first-order valence-corrected chi connectivity index (χ1v) is 8.46. The van der Waals surface area contributed by atoms with Crippen molar-refractivity contribution in [3.63, 3.8) is 0 Å². The monoisotopic (exact) mass is 302 g/mol. The molecule has 0 aromatic heterocycles. The molecule has 0 saturated heterocycles. The van der Waals surface area contributed by atoms with E-state index in [1.54, 1.807) is 18.2 Å². The summed E-state index contributed by atoms with van der Waals surface area (Å²) in [6.45, 7) is 0.853. The van der Waals surface area contributed by atoms with Gasteiger partial charge in [0.1, 0.15) is 0 Å². The van der Waals surface area contributed by atoms with Crippen LogP contribution in [0.5, 0.6) is 0 Å². The van der Waals surface area contributed by atoms with Gasteiger partial charge in [-0.1, -0.05) is 30.3 Å². The molecule has 2 aromatic carbocycles. The van der Waals surface area contributed by atoms with E-state index in [0.717, 1.165) is 29.7 Å². The summed E-state index contributed by atoms with van der Waals surface area (Å²) < 4.78 is 27.3. The maximum Gasteiger partial charge on any atom is 0.264 e. The third-order valence-electron chi connectivity index (χ3n) is 3.79. The molecule has 0 unspecified atom stereocenters. The van der Waals surface area contributed by atoms with Crippen molar-refractivity contribution < 1.29 is 8.42 Å². The van der Waals surface area contributed by atoms with Crippen molar-refractivity contribution >= 4 is 15.7 Å². The van der Waals surface area contributed by atoms with Gasteiger partial charge in [-0.2, -0.15) is 0 Å². The number of nitrogens with two attached hydrogens (primary N) is 1. The number of fused-ring (bicyclic) bond motifs is 1. The topological polar surface area (TPSA) is 63.4 Å². The van der Waals surface area contributed by atoms with Gasteiger partial charge in [-0.05, 0) is 42.2 Å². The van der Waals surface area contributed by atoms with Crippen LogP contribution in [0.2, 0.25) is 0 Å². The fraction of sp³-hybridized carbons (Fsp3) is 0.250. The lowest BCUT2D eigenvalue weighted by atomic mass is 10.0. The van der Waals surface area contributed by atoms with Crippen LogP contribution in [0.3, 0.4) is 0 Å². The van der Waals surface area contributed by atoms with E-state index in [2.05, 4.69) is 0 Å². The smallest absolute Gasteiger partial charge is 0.264 e. The van der Waals surface area contributed by atoms with E-state index in [-0.39, 0.29) is 0 Å². The lowest BCUT2D eigenvalue weighted by Gasteiger charge is -2.30. The third-order valence-corrected chi connectivity index (χ3v) is 5.60. The molecule has 5 heteroatoms. The third kappa shape index (κ3) is 2.54. The van der Waals surface area contributed by atoms with Crippen LogP contribution in [0, 0.1) is 0 Å². The predicted octanol–water partition coefficient (Wildman–Crippen LogP) is 2.29. The zero-order valence-corrected chi connectivity index (χ0v) is 12.5. The Hall–Kier alpha value is -1.85. The second kappa shape index (κ2) is 5.50. The summed E-state index contributed by atoms with van der Waals surface area (Å²) in [4.78, 5) is 0.308. The molecule has 0 aliphatic carbocycles. The molecule has 0 amide bonds. The molecule has 21 heavy (non-hydrogen) atoms. The Labute approximate surface area is 125 Å². The van der Waals surface area contributed by atoms with Crippen LogP contribution in [0.4, 0.5) is 5.69 Å². The van der Waals surface area contributed by atoms with Crippen LogP contribution < -0.4 is 10.0 Å². The van der Waals surface area contributed by atoms with Crippen LogP contribution in [0.25, 0.3) is 0 Å². The van der Waals surface area contributed by atoms with Gasteiger partial charge in [-0.3, -0.25) is 4.31 Å². The van der Waals surface area contributed by atoms with Crippen molar-refractivity contribution in [2.45, 2.75) is 24.3 Å². The van der Waals surface area contributed by atoms with E-state index in [1.165, 1.54) is 4.31 Å². The molecule has 1 aliphatic rings. The molecule has 1 aliphatic heterocycles. The zero-order valence-electron chi connectivity index (χ0n) is 11.7. The lowest BCUT2D eigenvalue weighted by Crippen LogP contribution is -2.35. The molecule has 0 atom stereocenters. The fourth-order valence-corrected chi connectivity index (χ4v) is 4.32. The first-order chi connectivity index (χ1) is 10.1. The van der Waals surface area contributed by atoms with Crippen LogP contribution in [-0.2, 0) is 23.0 Å². The summed E-state index contributed by atoms with van der Waals surface area (Å²) in [6, 6.07) is 14.6. The van der Waals surface area contributed by atoms with Crippen molar-refractivity contribution in [1.29, 1.82) is 0 Å². The number of rotatable bonds is 3. The molecule has 0 spiro atoms. The Morgan fingerprint density at radius 2 is 1.90 bits per heavy atom. The van der Waals surface area contributed by atoms with Crippen LogP contribution in [-0.4, -0.2) is 15.0 Å². The summed E-state index contributed by atoms with van der Waals surface area (Å²) in [5, 5.41) is 0. The van der Waals surface area contributed by atoms with Gasteiger partial charge in [-0.25, -0.2) is 8.42 Å². The highest BCUT2D eigenvalue weighted by atomic mass is 32.2. The SMILES string of the molecule is NCc1cccc(S(=O)(=O)N2CCCc3ccccc32)c1. The standard InChI is InChI=1S/C16H18N2O2S/c17-12-13-5-3-8-15(11-13)21(19,20)18-10-4-7-14-6-1-2-9-16(14)18/h1-3,5-6,8-9,11H,4,7,10,12,17H2. The van der Waals surface area contributed by atoms with E-state index in [4.69, 9.17) is 5.73 Å². The van der Waals surface area contributed by atoms with E-state index >= 15 is 0 Å². The van der Waals surface area contributed by atoms with Crippen molar-refractivity contribution in [3.8, 4) is 0 Å². The summed E-state index contributed by atoms with van der Waals surface area (Å²) in [7, 11) is -3.53. The molecule has 0 fully saturated rings. The van der Waals surface area contributed by atoms with Gasteiger partial charge >= 0.3 is 0 Å². The minimum Gasteiger partial charge on any atom is -0.326 e. The average Bonchev–Trinajstić information content (AvgIpc) is 2.54. The Kier molecular flexibility index (Phi) is 3.69. The van der Waals surface area contributed by atoms with Crippen LogP contribution in [0.15, 0.2) is 53.4 Å². The Morgan fingerprint density at radius 1 is 1.10 bits per heavy atom. The highest BCUT2D eigenvalue weighted by Crippen LogP contribution is 2.31. The van der Waals surface area contributed by atoms with Gasteiger partial charge in [-0.15, -0.1) is 0 Å². The molecular weight excluding hydrogens is 284 g/mol. The number of para-hydroxylation sites is 1. The zero-order chi connectivity index (χ0) is 14.9. The van der Waals surface area contributed by atoms with Crippen LogP contribution >= 0.6 is 0 Å². The molecule has 4 nitrogen and oxygen atoms in total. The van der Waals surface area contributed by atoms with Crippen molar-refractivity contribution in [1.82, 2.24) is 0 Å². The number of benzene rings is 2. The minimum atomic E-state index is -3.53.